The molecule has 3 rings (SSSR count). The number of nitrogens with one attached hydrogen (secondary N) is 3. The molecular weight excluding hydrogens is 514 g/mol. The summed E-state index contributed by atoms with van der Waals surface area (Å²) >= 11 is 1.62. The van der Waals surface area contributed by atoms with Crippen molar-refractivity contribution in [3.05, 3.63) is 93.5 Å². The normalized spacial score (nSPS) is 17.6. The first-order valence-corrected chi connectivity index (χ1v) is 15.2. The van der Waals surface area contributed by atoms with Crippen molar-refractivity contribution < 1.29 is 4.79 Å². The third kappa shape index (κ3) is 7.32. The third-order valence-electron chi connectivity index (χ3n) is 6.93. The van der Waals surface area contributed by atoms with Crippen molar-refractivity contribution in [1.82, 2.24) is 24.8 Å². The number of aryl methyl sites for hydroxylation is 1. The fraction of sp³-hybridized carbons (Fsp3) is 0.424. The highest BCUT2D eigenvalue weighted by Crippen LogP contribution is 2.36. The molecule has 0 saturated carbocycles. The molecule has 6 nitrogen and oxygen atoms in total. The Morgan fingerprint density at radius 2 is 2.00 bits per heavy atom. The number of likely N-dealkylation sites (N-methyl/N-ethyl adjacent to an activating group) is 1. The van der Waals surface area contributed by atoms with Crippen LogP contribution >= 0.6 is 11.9 Å². The van der Waals surface area contributed by atoms with E-state index in [-0.39, 0.29) is 6.03 Å². The molecule has 0 aliphatic carbocycles. The SMILES string of the molecule is C=C1C(=C(NCc2c[nH]c3ccc(C)cc23)/C(C)=C/C(=C\CCC)SNC)/C(=C\CC)N(C)C(=O)N1CC(C)C. The summed E-state index contributed by atoms with van der Waals surface area (Å²) in [5, 5.41) is 5.02. The van der Waals surface area contributed by atoms with E-state index in [0.29, 0.717) is 19.0 Å². The summed E-state index contributed by atoms with van der Waals surface area (Å²) in [7, 11) is 3.81. The van der Waals surface area contributed by atoms with Crippen LogP contribution in [0.4, 0.5) is 4.79 Å². The van der Waals surface area contributed by atoms with E-state index in [2.05, 4.69) is 106 Å². The molecule has 3 N–H and O–H groups in total. The van der Waals surface area contributed by atoms with Crippen molar-refractivity contribution in [1.29, 1.82) is 0 Å². The predicted molar refractivity (Wildman–Crippen MR) is 173 cm³/mol. The van der Waals surface area contributed by atoms with Crippen molar-refractivity contribution >= 4 is 28.9 Å². The maximum Gasteiger partial charge on any atom is 0.328 e. The Kier molecular flexibility index (Phi) is 11.3. The number of carbonyl (C=O) groups excluding carboxylic acids is 1. The number of allylic oxidation sites excluding steroid dienone is 4. The van der Waals surface area contributed by atoms with Gasteiger partial charge in [-0.05, 0) is 80.9 Å². The van der Waals surface area contributed by atoms with Crippen LogP contribution in [0.25, 0.3) is 10.9 Å². The first-order valence-electron chi connectivity index (χ1n) is 14.3. The highest BCUT2D eigenvalue weighted by atomic mass is 32.2. The Morgan fingerprint density at radius 3 is 2.65 bits per heavy atom. The molecule has 0 bridgehead atoms. The van der Waals surface area contributed by atoms with Crippen LogP contribution in [0.5, 0.6) is 0 Å². The van der Waals surface area contributed by atoms with Gasteiger partial charge in [-0.1, -0.05) is 64.5 Å². The molecule has 2 heterocycles. The highest BCUT2D eigenvalue weighted by molar-refractivity contribution is 8.01. The number of unbranched alkanes of at least 4 members (excludes halogenated alkanes) is 1. The number of hydrogen-bond acceptors (Lipinski definition) is 4. The molecule has 2 aromatic rings. The predicted octanol–water partition coefficient (Wildman–Crippen LogP) is 8.15. The van der Waals surface area contributed by atoms with Crippen molar-refractivity contribution in [2.75, 3.05) is 20.6 Å². The fourth-order valence-electron chi connectivity index (χ4n) is 4.98. The number of H-pyrrole nitrogens is 1. The van der Waals surface area contributed by atoms with Crippen LogP contribution in [0.2, 0.25) is 0 Å². The van der Waals surface area contributed by atoms with Gasteiger partial charge in [0.25, 0.3) is 0 Å². The number of aromatic amines is 1. The maximum atomic E-state index is 13.5. The molecule has 40 heavy (non-hydrogen) atoms. The molecule has 1 fully saturated rings. The molecule has 216 valence electrons. The van der Waals surface area contributed by atoms with Gasteiger partial charge in [-0.3, -0.25) is 14.5 Å². The van der Waals surface area contributed by atoms with Gasteiger partial charge in [0, 0.05) is 59.1 Å². The summed E-state index contributed by atoms with van der Waals surface area (Å²) in [6, 6.07) is 6.45. The lowest BCUT2D eigenvalue weighted by Gasteiger charge is -2.40. The number of urea groups is 1. The quantitative estimate of drug-likeness (QED) is 0.181. The van der Waals surface area contributed by atoms with E-state index in [4.69, 9.17) is 0 Å². The van der Waals surface area contributed by atoms with E-state index in [1.165, 1.54) is 16.5 Å². The Balaban J connectivity index is 2.21. The number of fused-ring (bicyclic) bond motifs is 1. The first-order chi connectivity index (χ1) is 19.1. The largest absolute Gasteiger partial charge is 0.380 e. The van der Waals surface area contributed by atoms with Gasteiger partial charge in [-0.2, -0.15) is 0 Å². The second kappa shape index (κ2) is 14.5. The van der Waals surface area contributed by atoms with Crippen LogP contribution in [-0.4, -0.2) is 41.5 Å². The summed E-state index contributed by atoms with van der Waals surface area (Å²) in [6.07, 6.45) is 11.6. The number of rotatable bonds is 12. The molecule has 0 unspecified atom stereocenters. The molecule has 0 radical (unpaired) electrons. The molecule has 0 spiro atoms. The topological polar surface area (TPSA) is 63.4 Å². The van der Waals surface area contributed by atoms with Crippen LogP contribution in [0.3, 0.4) is 0 Å². The number of aromatic nitrogens is 1. The molecular formula is C33H47N5OS. The summed E-state index contributed by atoms with van der Waals surface area (Å²) in [5.74, 6) is 0.310. The molecule has 1 aromatic heterocycles. The van der Waals surface area contributed by atoms with E-state index in [1.807, 2.05) is 19.0 Å². The maximum absolute atomic E-state index is 13.5. The number of hydrogen-bond donors (Lipinski definition) is 3. The Bertz CT molecular complexity index is 1340. The van der Waals surface area contributed by atoms with Crippen LogP contribution in [0, 0.1) is 12.8 Å². The van der Waals surface area contributed by atoms with Crippen LogP contribution < -0.4 is 10.0 Å². The minimum atomic E-state index is -0.0375. The summed E-state index contributed by atoms with van der Waals surface area (Å²) in [6.45, 7) is 18.6. The van der Waals surface area contributed by atoms with Gasteiger partial charge >= 0.3 is 6.03 Å². The summed E-state index contributed by atoms with van der Waals surface area (Å²) in [4.78, 5) is 21.6. The van der Waals surface area contributed by atoms with Gasteiger partial charge in [0.15, 0.2) is 0 Å². The Labute approximate surface area is 245 Å². The molecule has 1 saturated heterocycles. The molecule has 1 aromatic carbocycles. The van der Waals surface area contributed by atoms with Gasteiger partial charge in [0.05, 0.1) is 5.70 Å². The van der Waals surface area contributed by atoms with Crippen LogP contribution in [0.15, 0.2) is 82.3 Å². The zero-order chi connectivity index (χ0) is 29.4. The standard InChI is InChI=1S/C33H47N5OS/c1-10-12-14-27(40-34-8)18-24(6)32(36-20-26-19-35-29-16-15-23(5)17-28(26)29)31-25(7)38(21-22(3)4)33(39)37(9)30(31)13-11-2/h13-19,22,34-36H,7,10-12,20-21H2,1-6,8-9H3/b24-18+,27-14+,30-13+,32-31+. The highest BCUT2D eigenvalue weighted by Gasteiger charge is 2.35. The second-order valence-corrected chi connectivity index (χ2v) is 11.9. The molecule has 1 aliphatic heterocycles. The zero-order valence-electron chi connectivity index (χ0n) is 25.6. The van der Waals surface area contributed by atoms with E-state index < -0.39 is 0 Å². The van der Waals surface area contributed by atoms with Gasteiger partial charge in [0.2, 0.25) is 0 Å². The van der Waals surface area contributed by atoms with Gasteiger partial charge < -0.3 is 10.3 Å². The summed E-state index contributed by atoms with van der Waals surface area (Å²) < 4.78 is 3.23. The van der Waals surface area contributed by atoms with Gasteiger partial charge in [0.1, 0.15) is 0 Å². The minimum Gasteiger partial charge on any atom is -0.380 e. The molecule has 1 aliphatic rings. The van der Waals surface area contributed by atoms with Gasteiger partial charge in [-0.15, -0.1) is 0 Å². The average molecular weight is 562 g/mol. The van der Waals surface area contributed by atoms with E-state index in [9.17, 15) is 4.79 Å². The second-order valence-electron chi connectivity index (χ2n) is 10.8. The van der Waals surface area contributed by atoms with Crippen molar-refractivity contribution in [3.63, 3.8) is 0 Å². The van der Waals surface area contributed by atoms with Gasteiger partial charge in [-0.25, -0.2) is 4.79 Å². The average Bonchev–Trinajstić information content (AvgIpc) is 3.31. The van der Waals surface area contributed by atoms with E-state index in [1.54, 1.807) is 16.8 Å². The van der Waals surface area contributed by atoms with E-state index in [0.717, 1.165) is 57.9 Å². The smallest absolute Gasteiger partial charge is 0.328 e. The Hall–Kier alpha value is -3.16. The Morgan fingerprint density at radius 1 is 1.25 bits per heavy atom. The van der Waals surface area contributed by atoms with Crippen LogP contribution in [0.1, 0.15) is 65.0 Å². The fourth-order valence-corrected chi connectivity index (χ4v) is 5.65. The van der Waals surface area contributed by atoms with Crippen LogP contribution in [-0.2, 0) is 6.54 Å². The molecule has 2 amide bonds. The lowest BCUT2D eigenvalue weighted by molar-refractivity contribution is 0.176. The number of benzene rings is 1. The molecule has 7 heteroatoms. The first kappa shape index (κ1) is 31.4. The number of carbonyl (C=O) groups is 1. The third-order valence-corrected chi connectivity index (χ3v) is 7.66. The zero-order valence-corrected chi connectivity index (χ0v) is 26.4. The lowest BCUT2D eigenvalue weighted by atomic mass is 9.96. The lowest BCUT2D eigenvalue weighted by Crippen LogP contribution is -2.47. The molecule has 0 atom stereocenters. The van der Waals surface area contributed by atoms with E-state index >= 15 is 0 Å². The number of amides is 2. The minimum absolute atomic E-state index is 0.0375. The van der Waals surface area contributed by atoms with Crippen molar-refractivity contribution in [2.45, 2.75) is 67.3 Å². The summed E-state index contributed by atoms with van der Waals surface area (Å²) in [5.41, 5.74) is 8.23. The van der Waals surface area contributed by atoms with Crippen molar-refractivity contribution in [3.8, 4) is 0 Å². The van der Waals surface area contributed by atoms with Crippen molar-refractivity contribution in [2.24, 2.45) is 5.92 Å². The monoisotopic (exact) mass is 561 g/mol. The number of nitrogens with zero attached hydrogens (tertiary/aromatic N) is 2.